The molecule has 0 N–H and O–H groups in total. The molecule has 0 saturated carbocycles. The Hall–Kier alpha value is -0.920. The molecule has 2 aliphatic rings. The third-order valence-electron chi connectivity index (χ3n) is 4.09. The molecule has 0 radical (unpaired) electrons. The zero-order valence-electron chi connectivity index (χ0n) is 11.5. The third kappa shape index (κ3) is 2.42. The summed E-state index contributed by atoms with van der Waals surface area (Å²) in [6.45, 7) is 6.42. The molecule has 0 aromatic carbocycles. The summed E-state index contributed by atoms with van der Waals surface area (Å²) < 4.78 is 24.8. The second-order valence-electron chi connectivity index (χ2n) is 5.34. The second-order valence-corrected chi connectivity index (χ2v) is 7.32. The normalized spacial score (nSPS) is 30.2. The molecule has 0 unspecified atom stereocenters. The van der Waals surface area contributed by atoms with Crippen molar-refractivity contribution in [2.45, 2.75) is 12.0 Å². The minimum Gasteiger partial charge on any atom is -0.343 e. The average molecular weight is 287 g/mol. The predicted molar refractivity (Wildman–Crippen MR) is 73.2 cm³/mol. The van der Waals surface area contributed by atoms with Crippen LogP contribution in [0.25, 0.3) is 0 Å². The van der Waals surface area contributed by atoms with E-state index in [2.05, 4.69) is 11.5 Å². The molecule has 6 nitrogen and oxygen atoms in total. The first-order valence-electron chi connectivity index (χ1n) is 6.38. The number of hydrogen-bond acceptors (Lipinski definition) is 4. The Balaban J connectivity index is 2.31. The van der Waals surface area contributed by atoms with Gasteiger partial charge in [0, 0.05) is 39.8 Å². The highest BCUT2D eigenvalue weighted by molar-refractivity contribution is 7.88. The van der Waals surface area contributed by atoms with Gasteiger partial charge in [-0.2, -0.15) is 4.31 Å². The van der Waals surface area contributed by atoms with Gasteiger partial charge in [-0.15, -0.1) is 6.58 Å². The van der Waals surface area contributed by atoms with Crippen molar-refractivity contribution in [3.05, 3.63) is 12.7 Å². The van der Waals surface area contributed by atoms with E-state index in [1.807, 2.05) is 0 Å². The Labute approximate surface area is 114 Å². The van der Waals surface area contributed by atoms with Crippen LogP contribution < -0.4 is 0 Å². The Bertz CT molecular complexity index is 490. The zero-order valence-corrected chi connectivity index (χ0v) is 12.3. The van der Waals surface area contributed by atoms with Crippen molar-refractivity contribution in [3.8, 4) is 0 Å². The maximum Gasteiger partial charge on any atom is 0.244 e. The van der Waals surface area contributed by atoms with Gasteiger partial charge in [-0.3, -0.25) is 9.69 Å². The molecule has 2 rings (SSSR count). The fourth-order valence-electron chi connectivity index (χ4n) is 2.97. The van der Waals surface area contributed by atoms with Gasteiger partial charge in [0.1, 0.15) is 5.54 Å². The molecule has 1 atom stereocenters. The van der Waals surface area contributed by atoms with E-state index in [1.54, 1.807) is 18.0 Å². The van der Waals surface area contributed by atoms with Crippen molar-refractivity contribution in [2.75, 3.05) is 46.0 Å². The van der Waals surface area contributed by atoms with E-state index in [4.69, 9.17) is 0 Å². The molecule has 1 amide bonds. The van der Waals surface area contributed by atoms with Crippen LogP contribution in [0.2, 0.25) is 0 Å². The fraction of sp³-hybridized carbons (Fsp3) is 0.750. The van der Waals surface area contributed by atoms with Gasteiger partial charge in [-0.05, 0) is 6.42 Å². The van der Waals surface area contributed by atoms with E-state index >= 15 is 0 Å². The summed E-state index contributed by atoms with van der Waals surface area (Å²) in [5.41, 5.74) is -0.704. The van der Waals surface area contributed by atoms with Crippen molar-refractivity contribution in [1.29, 1.82) is 0 Å². The minimum absolute atomic E-state index is 0.0201. The van der Waals surface area contributed by atoms with Crippen LogP contribution in [0.15, 0.2) is 12.7 Å². The Morgan fingerprint density at radius 2 is 2.05 bits per heavy atom. The Kier molecular flexibility index (Phi) is 3.72. The second kappa shape index (κ2) is 4.88. The minimum atomic E-state index is -3.25. The van der Waals surface area contributed by atoms with Crippen LogP contribution in [-0.4, -0.2) is 80.0 Å². The summed E-state index contributed by atoms with van der Waals surface area (Å²) in [6, 6.07) is 0. The highest BCUT2D eigenvalue weighted by atomic mass is 32.2. The summed E-state index contributed by atoms with van der Waals surface area (Å²) in [5, 5.41) is 0. The number of nitrogens with zero attached hydrogens (tertiary/aromatic N) is 3. The number of sulfonamides is 1. The van der Waals surface area contributed by atoms with Crippen molar-refractivity contribution < 1.29 is 13.2 Å². The maximum atomic E-state index is 12.5. The molecule has 0 aromatic heterocycles. The molecular formula is C12H21N3O3S. The SMILES string of the molecule is C=CCN1CCN(C)C(=O)[C@]12CCN(S(C)(=O)=O)C2. The number of amides is 1. The monoisotopic (exact) mass is 287 g/mol. The quantitative estimate of drug-likeness (QED) is 0.647. The molecule has 2 saturated heterocycles. The Morgan fingerprint density at radius 1 is 1.37 bits per heavy atom. The van der Waals surface area contributed by atoms with Crippen molar-refractivity contribution in [3.63, 3.8) is 0 Å². The first-order chi connectivity index (χ1) is 8.81. The van der Waals surface area contributed by atoms with Gasteiger partial charge in [0.15, 0.2) is 0 Å². The van der Waals surface area contributed by atoms with Gasteiger partial charge >= 0.3 is 0 Å². The summed E-state index contributed by atoms with van der Waals surface area (Å²) in [7, 11) is -1.47. The van der Waals surface area contributed by atoms with Gasteiger partial charge in [0.2, 0.25) is 15.9 Å². The highest BCUT2D eigenvalue weighted by Crippen LogP contribution is 2.33. The first-order valence-corrected chi connectivity index (χ1v) is 8.23. The molecule has 2 heterocycles. The van der Waals surface area contributed by atoms with Gasteiger partial charge in [-0.25, -0.2) is 8.42 Å². The third-order valence-corrected chi connectivity index (χ3v) is 5.34. The van der Waals surface area contributed by atoms with E-state index in [9.17, 15) is 13.2 Å². The van der Waals surface area contributed by atoms with Gasteiger partial charge in [0.25, 0.3) is 0 Å². The topological polar surface area (TPSA) is 60.9 Å². The zero-order chi connectivity index (χ0) is 14.3. The summed E-state index contributed by atoms with van der Waals surface area (Å²) in [4.78, 5) is 16.3. The van der Waals surface area contributed by atoms with Crippen LogP contribution in [0.4, 0.5) is 0 Å². The van der Waals surface area contributed by atoms with Crippen LogP contribution >= 0.6 is 0 Å². The van der Waals surface area contributed by atoms with Crippen molar-refractivity contribution in [2.24, 2.45) is 0 Å². The van der Waals surface area contributed by atoms with E-state index in [1.165, 1.54) is 10.6 Å². The van der Waals surface area contributed by atoms with Gasteiger partial charge in [0.05, 0.1) is 6.26 Å². The molecule has 108 valence electrons. The number of likely N-dealkylation sites (N-methyl/N-ethyl adjacent to an activating group) is 1. The molecule has 2 aliphatic heterocycles. The fourth-order valence-corrected chi connectivity index (χ4v) is 3.84. The number of carbonyl (C=O) groups excluding carboxylic acids is 1. The number of rotatable bonds is 3. The van der Waals surface area contributed by atoms with E-state index < -0.39 is 15.6 Å². The molecule has 0 aliphatic carbocycles. The number of hydrogen-bond donors (Lipinski definition) is 0. The predicted octanol–water partition coefficient (Wildman–Crippen LogP) is -0.649. The lowest BCUT2D eigenvalue weighted by atomic mass is 9.91. The number of piperazine rings is 1. The summed E-state index contributed by atoms with van der Waals surface area (Å²) in [6.07, 6.45) is 3.52. The largest absolute Gasteiger partial charge is 0.343 e. The standard InChI is InChI=1S/C12H21N3O3S/c1-4-6-14-9-8-13(2)11(16)12(14)5-7-15(10-12)19(3,17)18/h4H,1,5-10H2,2-3H3/t12-/m1/s1. The van der Waals surface area contributed by atoms with Gasteiger partial charge < -0.3 is 4.90 Å². The summed E-state index contributed by atoms with van der Waals surface area (Å²) in [5.74, 6) is 0.0201. The molecule has 7 heteroatoms. The smallest absolute Gasteiger partial charge is 0.244 e. The molecule has 0 bridgehead atoms. The maximum absolute atomic E-state index is 12.5. The average Bonchev–Trinajstić information content (AvgIpc) is 2.77. The first kappa shape index (κ1) is 14.5. The van der Waals surface area contributed by atoms with Crippen LogP contribution in [0, 0.1) is 0 Å². The van der Waals surface area contributed by atoms with E-state index in [0.717, 1.165) is 6.54 Å². The number of carbonyl (C=O) groups is 1. The van der Waals surface area contributed by atoms with Crippen LogP contribution in [0.5, 0.6) is 0 Å². The highest BCUT2D eigenvalue weighted by Gasteiger charge is 2.53. The van der Waals surface area contributed by atoms with Gasteiger partial charge in [-0.1, -0.05) is 6.08 Å². The van der Waals surface area contributed by atoms with Crippen LogP contribution in [-0.2, 0) is 14.8 Å². The van der Waals surface area contributed by atoms with E-state index in [-0.39, 0.29) is 12.5 Å². The molecule has 1 spiro atoms. The van der Waals surface area contributed by atoms with Crippen molar-refractivity contribution >= 4 is 15.9 Å². The lowest BCUT2D eigenvalue weighted by molar-refractivity contribution is -0.148. The lowest BCUT2D eigenvalue weighted by Gasteiger charge is -2.46. The summed E-state index contributed by atoms with van der Waals surface area (Å²) >= 11 is 0. The molecule has 2 fully saturated rings. The molecule has 19 heavy (non-hydrogen) atoms. The molecular weight excluding hydrogens is 266 g/mol. The lowest BCUT2D eigenvalue weighted by Crippen LogP contribution is -2.66. The van der Waals surface area contributed by atoms with E-state index in [0.29, 0.717) is 26.1 Å². The molecule has 0 aromatic rings. The van der Waals surface area contributed by atoms with Crippen molar-refractivity contribution in [1.82, 2.24) is 14.1 Å². The van der Waals surface area contributed by atoms with Crippen LogP contribution in [0.3, 0.4) is 0 Å². The Morgan fingerprint density at radius 3 is 2.58 bits per heavy atom. The van der Waals surface area contributed by atoms with Crippen LogP contribution in [0.1, 0.15) is 6.42 Å².